The van der Waals surface area contributed by atoms with Crippen LogP contribution in [-0.2, 0) is 0 Å². The van der Waals surface area contributed by atoms with Gasteiger partial charge in [-0.2, -0.15) is 0 Å². The van der Waals surface area contributed by atoms with Crippen LogP contribution in [0.4, 0.5) is 0 Å². The van der Waals surface area contributed by atoms with Crippen molar-refractivity contribution < 1.29 is 5.11 Å². The van der Waals surface area contributed by atoms with Gasteiger partial charge >= 0.3 is 0 Å². The maximum Gasteiger partial charge on any atom is 0.0593 e. The molecule has 0 heterocycles. The summed E-state index contributed by atoms with van der Waals surface area (Å²) in [7, 11) is 0. The molecule has 1 fully saturated rings. The average molecular weight is 199 g/mol. The second-order valence-corrected chi connectivity index (χ2v) is 4.89. The van der Waals surface area contributed by atoms with Gasteiger partial charge in [0.2, 0.25) is 0 Å². The third kappa shape index (κ3) is 2.96. The molecule has 0 amide bonds. The molecule has 0 radical (unpaired) electrons. The lowest BCUT2D eigenvalue weighted by Crippen LogP contribution is -2.32. The summed E-state index contributed by atoms with van der Waals surface area (Å²) in [5.41, 5.74) is 5.65. The summed E-state index contributed by atoms with van der Waals surface area (Å²) < 4.78 is 0. The van der Waals surface area contributed by atoms with E-state index in [2.05, 4.69) is 13.8 Å². The highest BCUT2D eigenvalue weighted by atomic mass is 16.3. The van der Waals surface area contributed by atoms with Crippen LogP contribution in [0.2, 0.25) is 0 Å². The van der Waals surface area contributed by atoms with Crippen LogP contribution >= 0.6 is 0 Å². The molecule has 2 heteroatoms. The monoisotopic (exact) mass is 199 g/mol. The Hall–Kier alpha value is -0.0800. The molecule has 2 nitrogen and oxygen atoms in total. The van der Waals surface area contributed by atoms with Gasteiger partial charge in [-0.1, -0.05) is 20.3 Å². The van der Waals surface area contributed by atoms with Crippen LogP contribution in [0, 0.1) is 17.8 Å². The summed E-state index contributed by atoms with van der Waals surface area (Å²) in [6.45, 7) is 5.13. The van der Waals surface area contributed by atoms with E-state index in [9.17, 15) is 5.11 Å². The number of hydrogen-bond acceptors (Lipinski definition) is 2. The highest BCUT2D eigenvalue weighted by Gasteiger charge is 2.28. The van der Waals surface area contributed by atoms with Crippen molar-refractivity contribution in [3.8, 4) is 0 Å². The van der Waals surface area contributed by atoms with Crippen molar-refractivity contribution in [1.29, 1.82) is 0 Å². The first-order valence-electron chi connectivity index (χ1n) is 6.07. The van der Waals surface area contributed by atoms with E-state index < -0.39 is 0 Å². The van der Waals surface area contributed by atoms with E-state index in [0.29, 0.717) is 11.8 Å². The fourth-order valence-corrected chi connectivity index (χ4v) is 2.47. The van der Waals surface area contributed by atoms with Crippen molar-refractivity contribution in [2.24, 2.45) is 23.5 Å². The summed E-state index contributed by atoms with van der Waals surface area (Å²) in [6, 6.07) is 0. The summed E-state index contributed by atoms with van der Waals surface area (Å²) >= 11 is 0. The van der Waals surface area contributed by atoms with Crippen molar-refractivity contribution in [2.75, 3.05) is 6.54 Å². The van der Waals surface area contributed by atoms with Crippen LogP contribution < -0.4 is 5.73 Å². The Bertz CT molecular complexity index is 152. The predicted molar refractivity (Wildman–Crippen MR) is 60.0 cm³/mol. The number of aliphatic hydroxyl groups excluding tert-OH is 1. The fourth-order valence-electron chi connectivity index (χ4n) is 2.47. The average Bonchev–Trinajstić information content (AvgIpc) is 2.27. The molecule has 3 N–H and O–H groups in total. The number of nitrogens with two attached hydrogens (primary N) is 1. The zero-order valence-electron chi connectivity index (χ0n) is 9.58. The smallest absolute Gasteiger partial charge is 0.0593 e. The van der Waals surface area contributed by atoms with Crippen LogP contribution in [0.3, 0.4) is 0 Å². The zero-order valence-corrected chi connectivity index (χ0v) is 9.58. The molecule has 84 valence electrons. The van der Waals surface area contributed by atoms with E-state index in [1.807, 2.05) is 0 Å². The molecule has 2 unspecified atom stereocenters. The number of hydrogen-bond donors (Lipinski definition) is 2. The first-order chi connectivity index (χ1) is 6.69. The van der Waals surface area contributed by atoms with E-state index in [0.717, 1.165) is 18.9 Å². The van der Waals surface area contributed by atoms with Crippen molar-refractivity contribution >= 4 is 0 Å². The van der Waals surface area contributed by atoms with Gasteiger partial charge in [-0.15, -0.1) is 0 Å². The molecule has 0 aromatic carbocycles. The van der Waals surface area contributed by atoms with Crippen molar-refractivity contribution in [3.05, 3.63) is 0 Å². The third-order valence-electron chi connectivity index (χ3n) is 3.93. The maximum absolute atomic E-state index is 10.1. The van der Waals surface area contributed by atoms with Crippen LogP contribution in [0.15, 0.2) is 0 Å². The lowest BCUT2D eigenvalue weighted by atomic mass is 9.76. The van der Waals surface area contributed by atoms with Gasteiger partial charge in [0.1, 0.15) is 0 Å². The first-order valence-corrected chi connectivity index (χ1v) is 6.07. The predicted octanol–water partition coefficient (Wildman–Crippen LogP) is 2.16. The normalized spacial score (nSPS) is 32.6. The molecule has 0 spiro atoms. The Morgan fingerprint density at radius 2 is 1.86 bits per heavy atom. The lowest BCUT2D eigenvalue weighted by molar-refractivity contribution is 0.0314. The summed E-state index contributed by atoms with van der Waals surface area (Å²) in [5, 5.41) is 10.1. The highest BCUT2D eigenvalue weighted by molar-refractivity contribution is 4.80. The standard InChI is InChI=1S/C12H25NO/c1-3-9(2)12(14)11-6-4-10(8-13)5-7-11/h9-12,14H,3-8,13H2,1-2H3. The van der Waals surface area contributed by atoms with E-state index >= 15 is 0 Å². The minimum Gasteiger partial charge on any atom is -0.393 e. The molecule has 0 bridgehead atoms. The molecule has 0 aromatic rings. The second-order valence-electron chi connectivity index (χ2n) is 4.89. The Balaban J connectivity index is 2.33. The largest absolute Gasteiger partial charge is 0.393 e. The molecule has 1 aliphatic rings. The second kappa shape index (κ2) is 5.72. The maximum atomic E-state index is 10.1. The van der Waals surface area contributed by atoms with Crippen molar-refractivity contribution in [1.82, 2.24) is 0 Å². The van der Waals surface area contributed by atoms with Gasteiger partial charge in [-0.3, -0.25) is 0 Å². The Labute approximate surface area is 87.9 Å². The van der Waals surface area contributed by atoms with E-state index in [1.54, 1.807) is 0 Å². The number of aliphatic hydroxyl groups is 1. The van der Waals surface area contributed by atoms with Gasteiger partial charge in [0.15, 0.2) is 0 Å². The van der Waals surface area contributed by atoms with Gasteiger partial charge < -0.3 is 10.8 Å². The molecule has 1 aliphatic carbocycles. The van der Waals surface area contributed by atoms with E-state index in [-0.39, 0.29) is 6.10 Å². The molecule has 2 atom stereocenters. The van der Waals surface area contributed by atoms with Crippen LogP contribution in [0.25, 0.3) is 0 Å². The molecule has 14 heavy (non-hydrogen) atoms. The Morgan fingerprint density at radius 1 is 1.29 bits per heavy atom. The van der Waals surface area contributed by atoms with Crippen LogP contribution in [-0.4, -0.2) is 17.8 Å². The van der Waals surface area contributed by atoms with Gasteiger partial charge in [-0.05, 0) is 50.0 Å². The quantitative estimate of drug-likeness (QED) is 0.729. The molecule has 0 saturated heterocycles. The van der Waals surface area contributed by atoms with Gasteiger partial charge in [0, 0.05) is 0 Å². The third-order valence-corrected chi connectivity index (χ3v) is 3.93. The minimum absolute atomic E-state index is 0.0845. The molecule has 0 aliphatic heterocycles. The topological polar surface area (TPSA) is 46.2 Å². The SMILES string of the molecule is CCC(C)C(O)C1CCC(CN)CC1. The Kier molecular flexibility index (Phi) is 4.90. The van der Waals surface area contributed by atoms with Gasteiger partial charge in [0.25, 0.3) is 0 Å². The van der Waals surface area contributed by atoms with Crippen molar-refractivity contribution in [3.63, 3.8) is 0 Å². The minimum atomic E-state index is -0.0845. The first kappa shape index (κ1) is 12.0. The Morgan fingerprint density at radius 3 is 2.29 bits per heavy atom. The lowest BCUT2D eigenvalue weighted by Gasteiger charge is -2.33. The zero-order chi connectivity index (χ0) is 10.6. The molecule has 1 saturated carbocycles. The number of rotatable bonds is 4. The fraction of sp³-hybridized carbons (Fsp3) is 1.00. The van der Waals surface area contributed by atoms with E-state index in [1.165, 1.54) is 25.7 Å². The summed E-state index contributed by atoms with van der Waals surface area (Å²) in [4.78, 5) is 0. The van der Waals surface area contributed by atoms with Gasteiger partial charge in [-0.25, -0.2) is 0 Å². The molecule has 1 rings (SSSR count). The molecular weight excluding hydrogens is 174 g/mol. The summed E-state index contributed by atoms with van der Waals surface area (Å²) in [5.74, 6) is 1.71. The molecular formula is C12H25NO. The summed E-state index contributed by atoms with van der Waals surface area (Å²) in [6.07, 6.45) is 5.78. The highest BCUT2D eigenvalue weighted by Crippen LogP contribution is 2.33. The molecule has 0 aromatic heterocycles. The van der Waals surface area contributed by atoms with Crippen LogP contribution in [0.5, 0.6) is 0 Å². The van der Waals surface area contributed by atoms with Crippen molar-refractivity contribution in [2.45, 2.75) is 52.1 Å². The van der Waals surface area contributed by atoms with E-state index in [4.69, 9.17) is 5.73 Å². The van der Waals surface area contributed by atoms with Gasteiger partial charge in [0.05, 0.1) is 6.10 Å². The van der Waals surface area contributed by atoms with Crippen LogP contribution in [0.1, 0.15) is 46.0 Å².